The van der Waals surface area contributed by atoms with Crippen LogP contribution < -0.4 is 5.14 Å². The molecule has 5 heteroatoms. The molecule has 0 spiro atoms. The van der Waals surface area contributed by atoms with Crippen LogP contribution in [-0.2, 0) is 14.8 Å². The Morgan fingerprint density at radius 1 is 1.14 bits per heavy atom. The average Bonchev–Trinajstić information content (AvgIpc) is 2.36. The molecule has 0 saturated heterocycles. The van der Waals surface area contributed by atoms with Gasteiger partial charge in [-0.2, -0.15) is 0 Å². The van der Waals surface area contributed by atoms with Crippen molar-refractivity contribution in [3.05, 3.63) is 0 Å². The number of nitrogens with two attached hydrogens (primary N) is 1. The van der Waals surface area contributed by atoms with Crippen LogP contribution in [0, 0.1) is 11.3 Å². The zero-order chi connectivity index (χ0) is 15.9. The Hall–Kier alpha value is -0.130. The maximum Gasteiger partial charge on any atom is 0.209 e. The molecule has 126 valence electrons. The fourth-order valence-electron chi connectivity index (χ4n) is 3.76. The number of sulfonamides is 1. The van der Waals surface area contributed by atoms with Gasteiger partial charge in [-0.05, 0) is 31.6 Å². The van der Waals surface area contributed by atoms with Gasteiger partial charge in [-0.25, -0.2) is 13.6 Å². The first-order valence-corrected chi connectivity index (χ1v) is 10.2. The molecule has 1 aliphatic rings. The SMILES string of the molecule is CCCC(CCC)(COC1CCCCC1C)CS(N)(=O)=O. The maximum atomic E-state index is 11.6. The van der Waals surface area contributed by atoms with Gasteiger partial charge in [0.15, 0.2) is 0 Å². The molecule has 1 fully saturated rings. The summed E-state index contributed by atoms with van der Waals surface area (Å²) in [6, 6.07) is 0. The number of primary sulfonamides is 1. The van der Waals surface area contributed by atoms with Crippen molar-refractivity contribution in [1.29, 1.82) is 0 Å². The highest BCUT2D eigenvalue weighted by atomic mass is 32.2. The largest absolute Gasteiger partial charge is 0.377 e. The molecule has 2 atom stereocenters. The minimum Gasteiger partial charge on any atom is -0.377 e. The van der Waals surface area contributed by atoms with Crippen LogP contribution >= 0.6 is 0 Å². The molecule has 4 nitrogen and oxygen atoms in total. The van der Waals surface area contributed by atoms with Crippen molar-refractivity contribution in [3.8, 4) is 0 Å². The first-order valence-electron chi connectivity index (χ1n) is 8.44. The third kappa shape index (κ3) is 6.66. The molecule has 1 aliphatic carbocycles. The van der Waals surface area contributed by atoms with Gasteiger partial charge in [0, 0.05) is 5.41 Å². The van der Waals surface area contributed by atoms with Gasteiger partial charge in [-0.3, -0.25) is 0 Å². The zero-order valence-corrected chi connectivity index (χ0v) is 14.8. The van der Waals surface area contributed by atoms with Crippen molar-refractivity contribution >= 4 is 10.0 Å². The van der Waals surface area contributed by atoms with E-state index in [1.54, 1.807) is 0 Å². The van der Waals surface area contributed by atoms with Gasteiger partial charge in [0.25, 0.3) is 0 Å². The second-order valence-corrected chi connectivity index (χ2v) is 8.53. The van der Waals surface area contributed by atoms with E-state index in [9.17, 15) is 8.42 Å². The molecule has 0 aliphatic heterocycles. The molecule has 1 saturated carbocycles. The highest BCUT2D eigenvalue weighted by molar-refractivity contribution is 7.89. The van der Waals surface area contributed by atoms with E-state index in [-0.39, 0.29) is 17.3 Å². The van der Waals surface area contributed by atoms with E-state index in [2.05, 4.69) is 20.8 Å². The van der Waals surface area contributed by atoms with Gasteiger partial charge in [-0.15, -0.1) is 0 Å². The van der Waals surface area contributed by atoms with Crippen molar-refractivity contribution in [2.75, 3.05) is 12.4 Å². The summed E-state index contributed by atoms with van der Waals surface area (Å²) in [5.74, 6) is 0.622. The molecule has 2 unspecified atom stereocenters. The fourth-order valence-corrected chi connectivity index (χ4v) is 4.98. The van der Waals surface area contributed by atoms with Crippen LogP contribution in [0.15, 0.2) is 0 Å². The summed E-state index contributed by atoms with van der Waals surface area (Å²) in [5, 5.41) is 5.33. The van der Waals surface area contributed by atoms with Gasteiger partial charge in [0.1, 0.15) is 0 Å². The number of hydrogen-bond donors (Lipinski definition) is 1. The number of ether oxygens (including phenoxy) is 1. The lowest BCUT2D eigenvalue weighted by molar-refractivity contribution is -0.0484. The van der Waals surface area contributed by atoms with Gasteiger partial charge < -0.3 is 4.74 Å². The van der Waals surface area contributed by atoms with Crippen molar-refractivity contribution in [3.63, 3.8) is 0 Å². The molecule has 1 rings (SSSR count). The first-order chi connectivity index (χ1) is 9.82. The Balaban J connectivity index is 2.74. The van der Waals surface area contributed by atoms with E-state index < -0.39 is 10.0 Å². The highest BCUT2D eigenvalue weighted by Gasteiger charge is 2.35. The Bertz CT molecular complexity index is 388. The predicted molar refractivity (Wildman–Crippen MR) is 87.6 cm³/mol. The van der Waals surface area contributed by atoms with Crippen LogP contribution in [0.4, 0.5) is 0 Å². The smallest absolute Gasteiger partial charge is 0.209 e. The normalized spacial score (nSPS) is 24.2. The molecule has 0 amide bonds. The molecule has 0 bridgehead atoms. The first kappa shape index (κ1) is 18.9. The second kappa shape index (κ2) is 8.49. The molecule has 0 aromatic rings. The van der Waals surface area contributed by atoms with E-state index in [4.69, 9.17) is 9.88 Å². The Labute approximate surface area is 130 Å². The zero-order valence-electron chi connectivity index (χ0n) is 13.9. The van der Waals surface area contributed by atoms with Crippen LogP contribution in [0.5, 0.6) is 0 Å². The lowest BCUT2D eigenvalue weighted by Gasteiger charge is -2.36. The monoisotopic (exact) mass is 319 g/mol. The molecular formula is C16H33NO3S. The van der Waals surface area contributed by atoms with Gasteiger partial charge >= 0.3 is 0 Å². The van der Waals surface area contributed by atoms with E-state index in [1.165, 1.54) is 19.3 Å². The quantitative estimate of drug-likeness (QED) is 0.707. The highest BCUT2D eigenvalue weighted by Crippen LogP contribution is 2.34. The van der Waals surface area contributed by atoms with Crippen LogP contribution in [0.3, 0.4) is 0 Å². The molecule has 2 N–H and O–H groups in total. The second-order valence-electron chi connectivity index (χ2n) is 6.92. The molecule has 0 aromatic carbocycles. The lowest BCUT2D eigenvalue weighted by Crippen LogP contribution is -2.40. The van der Waals surface area contributed by atoms with Gasteiger partial charge in [-0.1, -0.05) is 46.5 Å². The summed E-state index contributed by atoms with van der Waals surface area (Å²) in [4.78, 5) is 0. The number of hydrogen-bond acceptors (Lipinski definition) is 3. The summed E-state index contributed by atoms with van der Waals surface area (Å²) >= 11 is 0. The maximum absolute atomic E-state index is 11.6. The van der Waals surface area contributed by atoms with Crippen LogP contribution in [0.25, 0.3) is 0 Å². The Kier molecular flexibility index (Phi) is 7.65. The molecular weight excluding hydrogens is 286 g/mol. The van der Waals surface area contributed by atoms with Crippen LogP contribution in [0.1, 0.15) is 72.1 Å². The minimum atomic E-state index is -3.47. The minimum absolute atomic E-state index is 0.0444. The van der Waals surface area contributed by atoms with E-state index in [0.29, 0.717) is 12.5 Å². The summed E-state index contributed by atoms with van der Waals surface area (Å²) in [6.45, 7) is 6.96. The molecule has 0 radical (unpaired) electrons. The standard InChI is InChI=1S/C16H33NO3S/c1-4-10-16(11-5-2,13-21(17,18)19)12-20-15-9-7-6-8-14(15)3/h14-15H,4-13H2,1-3H3,(H2,17,18,19). The van der Waals surface area contributed by atoms with Crippen LogP contribution in [0.2, 0.25) is 0 Å². The Morgan fingerprint density at radius 2 is 1.71 bits per heavy atom. The van der Waals surface area contributed by atoms with Crippen molar-refractivity contribution < 1.29 is 13.2 Å². The lowest BCUT2D eigenvalue weighted by atomic mass is 9.81. The summed E-state index contributed by atoms with van der Waals surface area (Å²) in [5.41, 5.74) is -0.311. The topological polar surface area (TPSA) is 69.4 Å². The van der Waals surface area contributed by atoms with E-state index in [1.807, 2.05) is 0 Å². The fraction of sp³-hybridized carbons (Fsp3) is 1.00. The third-order valence-electron chi connectivity index (χ3n) is 4.70. The third-order valence-corrected chi connectivity index (χ3v) is 5.72. The molecule has 21 heavy (non-hydrogen) atoms. The van der Waals surface area contributed by atoms with E-state index in [0.717, 1.165) is 32.1 Å². The number of rotatable bonds is 9. The van der Waals surface area contributed by atoms with Gasteiger partial charge in [0.2, 0.25) is 10.0 Å². The van der Waals surface area contributed by atoms with Crippen molar-refractivity contribution in [1.82, 2.24) is 0 Å². The van der Waals surface area contributed by atoms with Crippen LogP contribution in [-0.4, -0.2) is 26.9 Å². The van der Waals surface area contributed by atoms with Crippen molar-refractivity contribution in [2.24, 2.45) is 16.5 Å². The summed E-state index contributed by atoms with van der Waals surface area (Å²) < 4.78 is 29.5. The van der Waals surface area contributed by atoms with Crippen molar-refractivity contribution in [2.45, 2.75) is 78.2 Å². The molecule has 0 heterocycles. The predicted octanol–water partition coefficient (Wildman–Crippen LogP) is 3.46. The molecule has 0 aromatic heterocycles. The summed E-state index contributed by atoms with van der Waals surface area (Å²) in [6.07, 6.45) is 8.74. The average molecular weight is 320 g/mol. The van der Waals surface area contributed by atoms with E-state index >= 15 is 0 Å². The summed E-state index contributed by atoms with van der Waals surface area (Å²) in [7, 11) is -3.47. The van der Waals surface area contributed by atoms with Gasteiger partial charge in [0.05, 0.1) is 18.5 Å². The Morgan fingerprint density at radius 3 is 2.19 bits per heavy atom.